The number of hydrogen-bond donors (Lipinski definition) is 1. The average Bonchev–Trinajstić information content (AvgIpc) is 2.28. The average molecular weight is 220 g/mol. The van der Waals surface area contributed by atoms with Crippen LogP contribution < -0.4 is 10.1 Å². The van der Waals surface area contributed by atoms with Crippen molar-refractivity contribution in [2.45, 2.75) is 19.9 Å². The fourth-order valence-corrected chi connectivity index (χ4v) is 1.17. The number of aryl methyl sites for hydroxylation is 1. The fourth-order valence-electron chi connectivity index (χ4n) is 1.17. The molecule has 0 saturated heterocycles. The first-order chi connectivity index (χ1) is 7.63. The van der Waals surface area contributed by atoms with Crippen molar-refractivity contribution in [3.8, 4) is 5.75 Å². The molecule has 1 amide bonds. The highest BCUT2D eigenvalue weighted by Crippen LogP contribution is 2.15. The minimum atomic E-state index is -0.604. The zero-order chi connectivity index (χ0) is 12.0. The van der Waals surface area contributed by atoms with Crippen LogP contribution in [0.15, 0.2) is 24.3 Å². The second kappa shape index (κ2) is 5.90. The number of rotatable bonds is 5. The predicted molar refractivity (Wildman–Crippen MR) is 60.0 cm³/mol. The van der Waals surface area contributed by atoms with E-state index < -0.39 is 6.04 Å². The Morgan fingerprint density at radius 1 is 1.50 bits per heavy atom. The Bertz CT molecular complexity index is 376. The maximum Gasteiger partial charge on any atom is 0.258 e. The maximum absolute atomic E-state index is 11.3. The summed E-state index contributed by atoms with van der Waals surface area (Å²) in [5.41, 5.74) is 0.963. The molecule has 0 unspecified atom stereocenters. The molecule has 85 valence electrons. The molecule has 0 heterocycles. The number of carbonyl (C=O) groups excluding carboxylic acids is 2. The highest BCUT2D eigenvalue weighted by molar-refractivity contribution is 5.80. The normalized spacial score (nSPS) is 11.6. The van der Waals surface area contributed by atoms with Gasteiger partial charge in [-0.05, 0) is 25.5 Å². The van der Waals surface area contributed by atoms with Crippen LogP contribution in [-0.2, 0) is 9.59 Å². The maximum atomic E-state index is 11.3. The van der Waals surface area contributed by atoms with Crippen molar-refractivity contribution in [2.75, 3.05) is 6.61 Å². The second-order valence-electron chi connectivity index (χ2n) is 3.46. The van der Waals surface area contributed by atoms with Gasteiger partial charge in [0.1, 0.15) is 5.75 Å². The molecule has 0 aromatic heterocycles. The van der Waals surface area contributed by atoms with Crippen molar-refractivity contribution in [1.82, 2.24) is 5.32 Å². The zero-order valence-corrected chi connectivity index (χ0v) is 9.32. The molecule has 1 atom stereocenters. The van der Waals surface area contributed by atoms with Gasteiger partial charge in [0.2, 0.25) is 6.29 Å². The molecule has 0 saturated carbocycles. The van der Waals surface area contributed by atoms with E-state index in [0.717, 1.165) is 5.56 Å². The lowest BCUT2D eigenvalue weighted by Gasteiger charge is -2.10. The highest BCUT2D eigenvalue weighted by Gasteiger charge is 2.07. The molecule has 0 aliphatic heterocycles. The first-order valence-corrected chi connectivity index (χ1v) is 4.99. The summed E-state index contributed by atoms with van der Waals surface area (Å²) in [4.78, 5) is 21.5. The molecular weight excluding hydrogens is 206 g/mol. The van der Waals surface area contributed by atoms with Gasteiger partial charge in [0.25, 0.3) is 5.91 Å². The molecule has 16 heavy (non-hydrogen) atoms. The van der Waals surface area contributed by atoms with E-state index in [9.17, 15) is 9.59 Å². The number of carbonyl (C=O) groups is 1. The Morgan fingerprint density at radius 2 is 2.19 bits per heavy atom. The smallest absolute Gasteiger partial charge is 0.258 e. The number of amides is 1. The topological polar surface area (TPSA) is 55.4 Å². The molecule has 1 rings (SSSR count). The van der Waals surface area contributed by atoms with Crippen molar-refractivity contribution in [2.24, 2.45) is 0 Å². The summed E-state index contributed by atoms with van der Waals surface area (Å²) in [6.45, 7) is 3.35. The number of nitrogens with one attached hydrogen (secondary N) is 1. The molecule has 0 aliphatic rings. The highest BCUT2D eigenvalue weighted by atomic mass is 16.5. The lowest BCUT2D eigenvalue weighted by atomic mass is 10.2. The van der Waals surface area contributed by atoms with Gasteiger partial charge in [0.05, 0.1) is 6.04 Å². The minimum absolute atomic E-state index is 0.100. The van der Waals surface area contributed by atoms with Crippen LogP contribution in [0.2, 0.25) is 0 Å². The summed E-state index contributed by atoms with van der Waals surface area (Å²) in [5, 5.41) is 2.43. The van der Waals surface area contributed by atoms with Gasteiger partial charge in [0, 0.05) is 0 Å². The van der Waals surface area contributed by atoms with Crippen molar-refractivity contribution < 1.29 is 14.3 Å². The van der Waals surface area contributed by atoms with E-state index in [1.165, 1.54) is 0 Å². The quantitative estimate of drug-likeness (QED) is 0.805. The molecule has 4 nitrogen and oxygen atoms in total. The van der Waals surface area contributed by atoms with Crippen molar-refractivity contribution in [1.29, 1.82) is 0 Å². The Hall–Kier alpha value is -1.84. The van der Waals surface area contributed by atoms with E-state index in [-0.39, 0.29) is 12.5 Å². The van der Waals surface area contributed by atoms with Crippen LogP contribution >= 0.6 is 0 Å². The van der Waals surface area contributed by atoms with Crippen LogP contribution in [0.25, 0.3) is 0 Å². The first-order valence-electron chi connectivity index (χ1n) is 4.99. The van der Waals surface area contributed by atoms with Crippen molar-refractivity contribution >= 4 is 12.2 Å². The molecule has 0 fully saturated rings. The fraction of sp³-hybridized carbons (Fsp3) is 0.333. The van der Waals surface area contributed by atoms with Gasteiger partial charge in [-0.15, -0.1) is 0 Å². The van der Waals surface area contributed by atoms with Crippen LogP contribution in [-0.4, -0.2) is 24.8 Å². The predicted octanol–water partition coefficient (Wildman–Crippen LogP) is 0.988. The SMILES string of the molecule is Cc1ccccc1OCC(=O)N[C@@H](C)[C]=O. The number of hydrogen-bond acceptors (Lipinski definition) is 3. The Kier molecular flexibility index (Phi) is 4.51. The third-order valence-electron chi connectivity index (χ3n) is 2.01. The molecule has 1 radical (unpaired) electrons. The summed E-state index contributed by atoms with van der Waals surface area (Å²) in [6.07, 6.45) is 1.67. The zero-order valence-electron chi connectivity index (χ0n) is 9.32. The Morgan fingerprint density at radius 3 is 2.81 bits per heavy atom. The molecule has 1 N–H and O–H groups in total. The van der Waals surface area contributed by atoms with E-state index in [1.54, 1.807) is 19.3 Å². The van der Waals surface area contributed by atoms with Crippen molar-refractivity contribution in [3.05, 3.63) is 29.8 Å². The van der Waals surface area contributed by atoms with E-state index in [2.05, 4.69) is 5.32 Å². The molecule has 1 aromatic rings. The van der Waals surface area contributed by atoms with Crippen LogP contribution in [0.1, 0.15) is 12.5 Å². The number of ether oxygens (including phenoxy) is 1. The van der Waals surface area contributed by atoms with Crippen molar-refractivity contribution in [3.63, 3.8) is 0 Å². The Labute approximate surface area is 94.6 Å². The van der Waals surface area contributed by atoms with Gasteiger partial charge in [-0.1, -0.05) is 18.2 Å². The monoisotopic (exact) mass is 220 g/mol. The number of benzene rings is 1. The van der Waals surface area contributed by atoms with Gasteiger partial charge in [-0.3, -0.25) is 9.59 Å². The molecule has 0 bridgehead atoms. The summed E-state index contributed by atoms with van der Waals surface area (Å²) in [7, 11) is 0. The lowest BCUT2D eigenvalue weighted by molar-refractivity contribution is -0.123. The standard InChI is InChI=1S/C12H14NO3/c1-9-5-3-4-6-11(9)16-8-12(15)13-10(2)7-14/h3-6,10H,8H2,1-2H3,(H,13,15)/t10-/m0/s1. The van der Waals surface area contributed by atoms with Crippen LogP contribution in [0.3, 0.4) is 0 Å². The van der Waals surface area contributed by atoms with Gasteiger partial charge in [-0.25, -0.2) is 0 Å². The summed E-state index contributed by atoms with van der Waals surface area (Å²) in [6, 6.07) is 6.81. The van der Waals surface area contributed by atoms with Gasteiger partial charge >= 0.3 is 0 Å². The van der Waals surface area contributed by atoms with Crippen LogP contribution in [0, 0.1) is 6.92 Å². The van der Waals surface area contributed by atoms with Gasteiger partial charge in [0.15, 0.2) is 6.61 Å². The second-order valence-corrected chi connectivity index (χ2v) is 3.46. The third-order valence-corrected chi connectivity index (χ3v) is 2.01. The minimum Gasteiger partial charge on any atom is -0.484 e. The van der Waals surface area contributed by atoms with E-state index in [4.69, 9.17) is 4.74 Å². The van der Waals surface area contributed by atoms with E-state index in [1.807, 2.05) is 25.1 Å². The summed E-state index contributed by atoms with van der Waals surface area (Å²) >= 11 is 0. The van der Waals surface area contributed by atoms with Gasteiger partial charge < -0.3 is 10.1 Å². The van der Waals surface area contributed by atoms with E-state index >= 15 is 0 Å². The molecule has 0 aliphatic carbocycles. The lowest BCUT2D eigenvalue weighted by Crippen LogP contribution is -2.36. The van der Waals surface area contributed by atoms with E-state index in [0.29, 0.717) is 5.75 Å². The molecular formula is C12H14NO3. The Balaban J connectivity index is 2.43. The third kappa shape index (κ3) is 3.73. The molecule has 0 spiro atoms. The molecule has 1 aromatic carbocycles. The largest absolute Gasteiger partial charge is 0.484 e. The van der Waals surface area contributed by atoms with Crippen LogP contribution in [0.4, 0.5) is 0 Å². The van der Waals surface area contributed by atoms with Crippen LogP contribution in [0.5, 0.6) is 5.75 Å². The molecule has 4 heteroatoms. The summed E-state index contributed by atoms with van der Waals surface area (Å²) in [5.74, 6) is 0.333. The number of para-hydroxylation sites is 1. The van der Waals surface area contributed by atoms with Gasteiger partial charge in [-0.2, -0.15) is 0 Å². The summed E-state index contributed by atoms with van der Waals surface area (Å²) < 4.78 is 5.30. The first kappa shape index (κ1) is 12.2.